The van der Waals surface area contributed by atoms with Gasteiger partial charge in [0.25, 0.3) is 0 Å². The van der Waals surface area contributed by atoms with Gasteiger partial charge in [0.05, 0.1) is 0 Å². The van der Waals surface area contributed by atoms with Gasteiger partial charge in [-0.25, -0.2) is 4.98 Å². The summed E-state index contributed by atoms with van der Waals surface area (Å²) in [5.74, 6) is 0.857. The second-order valence-electron chi connectivity index (χ2n) is 4.68. The molecule has 0 radical (unpaired) electrons. The molecule has 18 heavy (non-hydrogen) atoms. The molecule has 1 aliphatic heterocycles. The Morgan fingerprint density at radius 1 is 1.50 bits per heavy atom. The monoisotopic (exact) mass is 248 g/mol. The smallest absolute Gasteiger partial charge is 0.219 e. The molecule has 0 spiro atoms. The van der Waals surface area contributed by atoms with Crippen molar-refractivity contribution in [3.05, 3.63) is 23.9 Å². The molecule has 0 aliphatic carbocycles. The van der Waals surface area contributed by atoms with E-state index in [9.17, 15) is 4.79 Å². The minimum atomic E-state index is 0.152. The summed E-state index contributed by atoms with van der Waals surface area (Å²) in [6, 6.07) is 4.00. The van der Waals surface area contributed by atoms with E-state index < -0.39 is 0 Å². The van der Waals surface area contributed by atoms with Crippen molar-refractivity contribution in [3.63, 3.8) is 0 Å². The van der Waals surface area contributed by atoms with E-state index >= 15 is 0 Å². The van der Waals surface area contributed by atoms with Gasteiger partial charge < -0.3 is 9.64 Å². The van der Waals surface area contributed by atoms with E-state index in [1.165, 1.54) is 5.56 Å². The first-order valence-corrected chi connectivity index (χ1v) is 6.56. The first-order valence-electron chi connectivity index (χ1n) is 6.56. The van der Waals surface area contributed by atoms with E-state index in [-0.39, 0.29) is 12.0 Å². The molecule has 4 heteroatoms. The van der Waals surface area contributed by atoms with Gasteiger partial charge >= 0.3 is 0 Å². The Morgan fingerprint density at radius 2 is 2.22 bits per heavy atom. The standard InChI is InChI=1S/C14H20N2O2/c1-3-12-4-7-15-14(10-12)18-13-5-8-16(9-6-13)11(2)17/h4,7,10,13H,3,5-6,8-9H2,1-2H3. The van der Waals surface area contributed by atoms with Gasteiger partial charge in [-0.2, -0.15) is 0 Å². The lowest BCUT2D eigenvalue weighted by atomic mass is 10.1. The Morgan fingerprint density at radius 3 is 2.83 bits per heavy atom. The summed E-state index contributed by atoms with van der Waals surface area (Å²) in [6.45, 7) is 5.30. The van der Waals surface area contributed by atoms with E-state index in [1.54, 1.807) is 13.1 Å². The van der Waals surface area contributed by atoms with E-state index in [1.807, 2.05) is 17.0 Å². The van der Waals surface area contributed by atoms with Crippen molar-refractivity contribution in [3.8, 4) is 5.88 Å². The quantitative estimate of drug-likeness (QED) is 0.822. The van der Waals surface area contributed by atoms with Crippen LogP contribution < -0.4 is 4.74 Å². The molecule has 1 aromatic rings. The van der Waals surface area contributed by atoms with Crippen LogP contribution >= 0.6 is 0 Å². The molecule has 1 amide bonds. The molecule has 0 saturated carbocycles. The van der Waals surface area contributed by atoms with Gasteiger partial charge in [0, 0.05) is 45.1 Å². The number of hydrogen-bond acceptors (Lipinski definition) is 3. The first-order chi connectivity index (χ1) is 8.69. The largest absolute Gasteiger partial charge is 0.474 e. The molecule has 4 nitrogen and oxygen atoms in total. The Hall–Kier alpha value is -1.58. The van der Waals surface area contributed by atoms with Crippen LogP contribution in [0.1, 0.15) is 32.3 Å². The Bertz CT molecular complexity index is 412. The van der Waals surface area contributed by atoms with Crippen molar-refractivity contribution >= 4 is 5.91 Å². The average Bonchev–Trinajstić information content (AvgIpc) is 2.39. The van der Waals surface area contributed by atoms with Crippen LogP contribution in [0.3, 0.4) is 0 Å². The van der Waals surface area contributed by atoms with Crippen LogP contribution in [0.4, 0.5) is 0 Å². The lowest BCUT2D eigenvalue weighted by Gasteiger charge is -2.31. The predicted molar refractivity (Wildman–Crippen MR) is 69.5 cm³/mol. The molecule has 0 aromatic carbocycles. The maximum atomic E-state index is 11.2. The normalized spacial score (nSPS) is 16.7. The highest BCUT2D eigenvalue weighted by Crippen LogP contribution is 2.18. The van der Waals surface area contributed by atoms with E-state index in [2.05, 4.69) is 11.9 Å². The van der Waals surface area contributed by atoms with E-state index in [4.69, 9.17) is 4.74 Å². The van der Waals surface area contributed by atoms with Crippen LogP contribution in [0.25, 0.3) is 0 Å². The molecule has 1 aliphatic rings. The van der Waals surface area contributed by atoms with Crippen LogP contribution in [0.5, 0.6) is 5.88 Å². The van der Waals surface area contributed by atoms with Crippen molar-refractivity contribution in [2.75, 3.05) is 13.1 Å². The number of carbonyl (C=O) groups excluding carboxylic acids is 1. The van der Waals surface area contributed by atoms with Gasteiger partial charge in [0.15, 0.2) is 0 Å². The molecule has 1 saturated heterocycles. The van der Waals surface area contributed by atoms with Gasteiger partial charge in [0.2, 0.25) is 11.8 Å². The summed E-state index contributed by atoms with van der Waals surface area (Å²) in [7, 11) is 0. The minimum Gasteiger partial charge on any atom is -0.474 e. The summed E-state index contributed by atoms with van der Waals surface area (Å²) in [4.78, 5) is 17.3. The van der Waals surface area contributed by atoms with Gasteiger partial charge in [-0.3, -0.25) is 4.79 Å². The molecule has 0 bridgehead atoms. The molecule has 98 valence electrons. The van der Waals surface area contributed by atoms with Crippen molar-refractivity contribution in [2.24, 2.45) is 0 Å². The third kappa shape index (κ3) is 3.22. The third-order valence-electron chi connectivity index (χ3n) is 3.38. The van der Waals surface area contributed by atoms with Crippen LogP contribution in [0.15, 0.2) is 18.3 Å². The number of ether oxygens (including phenoxy) is 1. The summed E-state index contributed by atoms with van der Waals surface area (Å²) >= 11 is 0. The number of carbonyl (C=O) groups is 1. The van der Waals surface area contributed by atoms with Crippen molar-refractivity contribution < 1.29 is 9.53 Å². The summed E-state index contributed by atoms with van der Waals surface area (Å²) in [6.07, 6.45) is 4.73. The zero-order valence-electron chi connectivity index (χ0n) is 11.1. The number of aryl methyl sites for hydroxylation is 1. The number of likely N-dealkylation sites (tertiary alicyclic amines) is 1. The Kier molecular flexibility index (Phi) is 4.18. The second kappa shape index (κ2) is 5.85. The molecular weight excluding hydrogens is 228 g/mol. The summed E-state index contributed by atoms with van der Waals surface area (Å²) in [5, 5.41) is 0. The molecule has 2 heterocycles. The van der Waals surface area contributed by atoms with Crippen LogP contribution in [0, 0.1) is 0 Å². The van der Waals surface area contributed by atoms with Gasteiger partial charge in [0.1, 0.15) is 6.10 Å². The van der Waals surface area contributed by atoms with Crippen LogP contribution in [-0.4, -0.2) is 35.0 Å². The number of pyridine rings is 1. The fourth-order valence-electron chi connectivity index (χ4n) is 2.19. The minimum absolute atomic E-state index is 0.152. The highest BCUT2D eigenvalue weighted by molar-refractivity contribution is 5.73. The molecule has 1 aromatic heterocycles. The fraction of sp³-hybridized carbons (Fsp3) is 0.571. The number of amides is 1. The molecular formula is C14H20N2O2. The molecule has 0 unspecified atom stereocenters. The topological polar surface area (TPSA) is 42.4 Å². The number of hydrogen-bond donors (Lipinski definition) is 0. The van der Waals surface area contributed by atoms with Crippen LogP contribution in [0.2, 0.25) is 0 Å². The highest BCUT2D eigenvalue weighted by Gasteiger charge is 2.22. The van der Waals surface area contributed by atoms with Crippen molar-refractivity contribution in [1.82, 2.24) is 9.88 Å². The van der Waals surface area contributed by atoms with Crippen molar-refractivity contribution in [1.29, 1.82) is 0 Å². The number of piperidine rings is 1. The summed E-state index contributed by atoms with van der Waals surface area (Å²) in [5.41, 5.74) is 1.24. The zero-order valence-corrected chi connectivity index (χ0v) is 11.1. The molecule has 2 rings (SSSR count). The Labute approximate surface area is 108 Å². The lowest BCUT2D eigenvalue weighted by Crippen LogP contribution is -2.40. The Balaban J connectivity index is 1.89. The van der Waals surface area contributed by atoms with Gasteiger partial charge in [-0.15, -0.1) is 0 Å². The predicted octanol–water partition coefficient (Wildman–Crippen LogP) is 2.03. The van der Waals surface area contributed by atoms with E-state index in [0.29, 0.717) is 5.88 Å². The number of rotatable bonds is 3. The first kappa shape index (κ1) is 12.9. The fourth-order valence-corrected chi connectivity index (χ4v) is 2.19. The lowest BCUT2D eigenvalue weighted by molar-refractivity contribution is -0.130. The highest BCUT2D eigenvalue weighted by atomic mass is 16.5. The molecule has 0 N–H and O–H groups in total. The maximum absolute atomic E-state index is 11.2. The van der Waals surface area contributed by atoms with Gasteiger partial charge in [-0.05, 0) is 18.1 Å². The maximum Gasteiger partial charge on any atom is 0.219 e. The van der Waals surface area contributed by atoms with Gasteiger partial charge in [-0.1, -0.05) is 6.92 Å². The van der Waals surface area contributed by atoms with E-state index in [0.717, 1.165) is 32.4 Å². The zero-order chi connectivity index (χ0) is 13.0. The molecule has 1 fully saturated rings. The SMILES string of the molecule is CCc1ccnc(OC2CCN(C(C)=O)CC2)c1. The van der Waals surface area contributed by atoms with Crippen LogP contribution in [-0.2, 0) is 11.2 Å². The third-order valence-corrected chi connectivity index (χ3v) is 3.38. The average molecular weight is 248 g/mol. The number of aromatic nitrogens is 1. The number of nitrogens with zero attached hydrogens (tertiary/aromatic N) is 2. The molecule has 0 atom stereocenters. The second-order valence-corrected chi connectivity index (χ2v) is 4.68. The summed E-state index contributed by atoms with van der Waals surface area (Å²) < 4.78 is 5.88. The van der Waals surface area contributed by atoms with Crippen molar-refractivity contribution in [2.45, 2.75) is 39.2 Å².